The number of aromatic nitrogens is 2. The first-order valence-corrected chi connectivity index (χ1v) is 22.0. The molecule has 2 aromatic heterocycles. The summed E-state index contributed by atoms with van der Waals surface area (Å²) in [5, 5.41) is 2.12. The molecule has 65 heavy (non-hydrogen) atoms. The Morgan fingerprint density at radius 2 is 0.677 bits per heavy atom. The van der Waals surface area contributed by atoms with Crippen molar-refractivity contribution in [2.75, 3.05) is 132 Å². The lowest BCUT2D eigenvalue weighted by Crippen LogP contribution is -2.15. The van der Waals surface area contributed by atoms with Gasteiger partial charge in [-0.25, -0.2) is 0 Å². The van der Waals surface area contributed by atoms with E-state index in [0.717, 1.165) is 33.3 Å². The van der Waals surface area contributed by atoms with Gasteiger partial charge in [0.2, 0.25) is 0 Å². The molecule has 0 spiro atoms. The number of para-hydroxylation sites is 6. The first-order valence-electron chi connectivity index (χ1n) is 22.0. The number of rotatable bonds is 14. The van der Waals surface area contributed by atoms with Crippen LogP contribution in [0.15, 0.2) is 122 Å². The van der Waals surface area contributed by atoms with Crippen LogP contribution in [0.1, 0.15) is 0 Å². The van der Waals surface area contributed by atoms with Gasteiger partial charge in [0.1, 0.15) is 49.0 Å². The Morgan fingerprint density at radius 3 is 1.08 bits per heavy atom. The van der Waals surface area contributed by atoms with Crippen molar-refractivity contribution in [3.8, 4) is 34.5 Å². The molecule has 0 atom stereocenters. The third kappa shape index (κ3) is 18.4. The predicted octanol–water partition coefficient (Wildman–Crippen LogP) is 7.62. The zero-order valence-electron chi connectivity index (χ0n) is 36.9. The van der Waals surface area contributed by atoms with Gasteiger partial charge in [0.25, 0.3) is 0 Å². The van der Waals surface area contributed by atoms with Gasteiger partial charge in [0.15, 0.2) is 23.0 Å². The van der Waals surface area contributed by atoms with Crippen molar-refractivity contribution < 1.29 is 61.6 Å². The number of hydrogen-bond donors (Lipinski definition) is 0. The monoisotopic (exact) mass is 896 g/mol. The summed E-state index contributed by atoms with van der Waals surface area (Å²) < 4.78 is 73.6. The molecule has 15 heteroatoms. The molecular weight excluding hydrogens is 837 g/mol. The largest absolute Gasteiger partial charge is 0.489 e. The van der Waals surface area contributed by atoms with Gasteiger partial charge in [0, 0.05) is 23.2 Å². The van der Waals surface area contributed by atoms with E-state index in [9.17, 15) is 0 Å². The normalized spacial score (nSPS) is 14.8. The average Bonchev–Trinajstić information content (AvgIpc) is 3.34. The minimum Gasteiger partial charge on any atom is -0.489 e. The summed E-state index contributed by atoms with van der Waals surface area (Å²) in [6, 6.07) is 34.7. The first-order chi connectivity index (χ1) is 32.3. The highest BCUT2D eigenvalue weighted by Crippen LogP contribution is 2.36. The Morgan fingerprint density at radius 1 is 0.338 bits per heavy atom. The maximum absolute atomic E-state index is 6.10. The molecule has 0 bridgehead atoms. The molecule has 6 aromatic rings. The number of ether oxygens (including phenoxy) is 13. The minimum absolute atomic E-state index is 0.402. The molecule has 1 aliphatic heterocycles. The summed E-state index contributed by atoms with van der Waals surface area (Å²) in [6.45, 7) is 9.75. The number of benzene rings is 4. The van der Waals surface area contributed by atoms with E-state index in [4.69, 9.17) is 61.6 Å². The van der Waals surface area contributed by atoms with Gasteiger partial charge in [0.05, 0.1) is 106 Å². The van der Waals surface area contributed by atoms with Gasteiger partial charge in [-0.2, -0.15) is 0 Å². The van der Waals surface area contributed by atoms with E-state index in [2.05, 4.69) is 9.97 Å². The number of pyridine rings is 2. The van der Waals surface area contributed by atoms with E-state index in [1.807, 2.05) is 109 Å². The Balaban J connectivity index is 0.000000216. The van der Waals surface area contributed by atoms with Gasteiger partial charge in [-0.3, -0.25) is 9.97 Å². The second-order valence-electron chi connectivity index (χ2n) is 14.0. The first kappa shape index (κ1) is 48.8. The molecule has 0 aliphatic carbocycles. The Hall–Kier alpha value is -5.62. The van der Waals surface area contributed by atoms with E-state index in [-0.39, 0.29) is 0 Å². The van der Waals surface area contributed by atoms with Crippen LogP contribution in [-0.4, -0.2) is 142 Å². The van der Waals surface area contributed by atoms with Crippen molar-refractivity contribution in [3.63, 3.8) is 0 Å². The van der Waals surface area contributed by atoms with E-state index in [0.29, 0.717) is 155 Å². The fourth-order valence-corrected chi connectivity index (χ4v) is 6.18. The van der Waals surface area contributed by atoms with Crippen LogP contribution in [0.25, 0.3) is 21.8 Å². The molecule has 0 radical (unpaired) electrons. The van der Waals surface area contributed by atoms with E-state index >= 15 is 0 Å². The summed E-state index contributed by atoms with van der Waals surface area (Å²) in [5.74, 6) is 4.02. The quantitative estimate of drug-likeness (QED) is 0.0988. The fourth-order valence-electron chi connectivity index (χ4n) is 6.18. The van der Waals surface area contributed by atoms with Crippen molar-refractivity contribution in [1.82, 2.24) is 9.97 Å². The van der Waals surface area contributed by atoms with Gasteiger partial charge in [-0.1, -0.05) is 60.7 Å². The Bertz CT molecular complexity index is 2030. The lowest BCUT2D eigenvalue weighted by molar-refractivity contribution is -0.0143. The highest BCUT2D eigenvalue weighted by atomic mass is 16.6. The summed E-state index contributed by atoms with van der Waals surface area (Å²) in [5.41, 5.74) is 1.73. The minimum atomic E-state index is 0.402. The molecule has 0 saturated carbocycles. The standard InChI is InChI=1S/C26H28N2O5.C24H32O8/c1-5-21-7-3-11-27-25(21)23(9-1)32-19-17-30-15-13-29-14-16-31-18-20-33-24-10-2-6-22-8-4-12-28-26(22)24;1-3-7-23-21(5-1)30-19-17-28-15-13-26-11-9-25-10-12-27-14-16-29-18-20-31-22-6-2-4-8-24(22)32-23/h1-12H,13-20H2;1-8H,9-20H2. The third-order valence-electron chi connectivity index (χ3n) is 9.28. The van der Waals surface area contributed by atoms with Crippen molar-refractivity contribution in [1.29, 1.82) is 0 Å². The molecule has 4 aromatic carbocycles. The van der Waals surface area contributed by atoms with Crippen molar-refractivity contribution >= 4 is 21.8 Å². The van der Waals surface area contributed by atoms with Gasteiger partial charge in [-0.05, 0) is 48.5 Å². The maximum Gasteiger partial charge on any atom is 0.169 e. The van der Waals surface area contributed by atoms with Crippen LogP contribution >= 0.6 is 0 Å². The number of hydrogen-bond acceptors (Lipinski definition) is 15. The zero-order valence-corrected chi connectivity index (χ0v) is 36.9. The third-order valence-corrected chi connectivity index (χ3v) is 9.28. The van der Waals surface area contributed by atoms with Gasteiger partial charge in [-0.15, -0.1) is 0 Å². The summed E-state index contributed by atoms with van der Waals surface area (Å²) >= 11 is 0. The van der Waals surface area contributed by atoms with Crippen LogP contribution in [0, 0.1) is 0 Å². The molecule has 1 aliphatic rings. The second kappa shape index (κ2) is 30.5. The lowest BCUT2D eigenvalue weighted by Gasteiger charge is -2.15. The van der Waals surface area contributed by atoms with E-state index in [1.165, 1.54) is 0 Å². The summed E-state index contributed by atoms with van der Waals surface area (Å²) in [6.07, 6.45) is 3.53. The molecule has 3 heterocycles. The summed E-state index contributed by atoms with van der Waals surface area (Å²) in [4.78, 5) is 8.75. The Labute approximate surface area is 380 Å². The molecule has 7 rings (SSSR count). The van der Waals surface area contributed by atoms with Crippen molar-refractivity contribution in [2.24, 2.45) is 0 Å². The van der Waals surface area contributed by atoms with Crippen LogP contribution < -0.4 is 23.7 Å². The smallest absolute Gasteiger partial charge is 0.169 e. The topological polar surface area (TPSA) is 146 Å². The molecule has 348 valence electrons. The molecule has 15 nitrogen and oxygen atoms in total. The number of nitrogens with zero attached hydrogens (tertiary/aromatic N) is 2. The second-order valence-corrected chi connectivity index (χ2v) is 14.0. The Kier molecular flexibility index (Phi) is 22.9. The fraction of sp³-hybridized carbons (Fsp3) is 0.400. The van der Waals surface area contributed by atoms with E-state index in [1.54, 1.807) is 12.4 Å². The van der Waals surface area contributed by atoms with Crippen LogP contribution in [-0.2, 0) is 37.9 Å². The lowest BCUT2D eigenvalue weighted by atomic mass is 10.2. The zero-order chi connectivity index (χ0) is 44.7. The van der Waals surface area contributed by atoms with Gasteiger partial charge >= 0.3 is 0 Å². The maximum atomic E-state index is 6.10. The molecule has 0 fully saturated rings. The van der Waals surface area contributed by atoms with Crippen LogP contribution in [0.3, 0.4) is 0 Å². The average molecular weight is 897 g/mol. The molecule has 0 amide bonds. The van der Waals surface area contributed by atoms with Crippen molar-refractivity contribution in [3.05, 3.63) is 122 Å². The highest BCUT2D eigenvalue weighted by Gasteiger charge is 2.11. The number of fused-ring (bicyclic) bond motifs is 4. The van der Waals surface area contributed by atoms with E-state index < -0.39 is 0 Å². The molecule has 0 unspecified atom stereocenters. The summed E-state index contributed by atoms with van der Waals surface area (Å²) in [7, 11) is 0. The predicted molar refractivity (Wildman–Crippen MR) is 245 cm³/mol. The van der Waals surface area contributed by atoms with Crippen molar-refractivity contribution in [2.45, 2.75) is 0 Å². The molecule has 0 saturated heterocycles. The molecule has 0 N–H and O–H groups in total. The highest BCUT2D eigenvalue weighted by molar-refractivity contribution is 5.84. The van der Waals surface area contributed by atoms with Crippen LogP contribution in [0.5, 0.6) is 34.5 Å². The SMILES string of the molecule is c1ccc2c(c1)OCCOCCOCCOCCOCCOCCOc1ccccc1O2.c1cnc2c(OCCOCCOCCOCCOc3cccc4cccnc34)cccc2c1. The van der Waals surface area contributed by atoms with Crippen LogP contribution in [0.4, 0.5) is 0 Å². The molecular formula is C50H60N2O13. The van der Waals surface area contributed by atoms with Crippen LogP contribution in [0.2, 0.25) is 0 Å². The van der Waals surface area contributed by atoms with Gasteiger partial charge < -0.3 is 61.6 Å².